The number of amides is 2. The molecule has 1 aromatic rings. The number of ether oxygens (including phenoxy) is 1. The Hall–Kier alpha value is -1.30. The SMILES string of the molecule is COC(CNC(=O)NCC1CCCC(O)C1)c1ccccc1Cl. The van der Waals surface area contributed by atoms with Crippen molar-refractivity contribution in [3.05, 3.63) is 34.9 Å². The molecule has 0 bridgehead atoms. The van der Waals surface area contributed by atoms with Crippen molar-refractivity contribution in [1.29, 1.82) is 0 Å². The second-order valence-corrected chi connectivity index (χ2v) is 6.43. The number of nitrogens with one attached hydrogen (secondary N) is 2. The third-order valence-corrected chi connectivity index (χ3v) is 4.64. The van der Waals surface area contributed by atoms with Gasteiger partial charge in [-0.3, -0.25) is 0 Å². The maximum absolute atomic E-state index is 11.9. The number of rotatable bonds is 6. The summed E-state index contributed by atoms with van der Waals surface area (Å²) in [4.78, 5) is 11.9. The summed E-state index contributed by atoms with van der Waals surface area (Å²) >= 11 is 6.16. The van der Waals surface area contributed by atoms with E-state index in [2.05, 4.69) is 10.6 Å². The van der Waals surface area contributed by atoms with E-state index in [0.717, 1.165) is 31.2 Å². The van der Waals surface area contributed by atoms with E-state index >= 15 is 0 Å². The van der Waals surface area contributed by atoms with Crippen molar-refractivity contribution in [2.24, 2.45) is 5.92 Å². The Bertz CT molecular complexity index is 512. The fraction of sp³-hybridized carbons (Fsp3) is 0.588. The molecule has 1 aromatic carbocycles. The Morgan fingerprint density at radius 3 is 2.87 bits per heavy atom. The summed E-state index contributed by atoms with van der Waals surface area (Å²) in [7, 11) is 1.59. The third-order valence-electron chi connectivity index (χ3n) is 4.29. The van der Waals surface area contributed by atoms with Crippen LogP contribution in [0.15, 0.2) is 24.3 Å². The fourth-order valence-electron chi connectivity index (χ4n) is 2.99. The van der Waals surface area contributed by atoms with Crippen molar-refractivity contribution in [3.8, 4) is 0 Å². The first-order valence-electron chi connectivity index (χ1n) is 8.07. The molecule has 0 saturated heterocycles. The highest BCUT2D eigenvalue weighted by Gasteiger charge is 2.21. The molecule has 1 saturated carbocycles. The van der Waals surface area contributed by atoms with Gasteiger partial charge >= 0.3 is 6.03 Å². The van der Waals surface area contributed by atoms with Gasteiger partial charge in [-0.05, 0) is 31.2 Å². The third kappa shape index (κ3) is 5.68. The van der Waals surface area contributed by atoms with E-state index in [0.29, 0.717) is 24.0 Å². The van der Waals surface area contributed by atoms with Crippen LogP contribution in [0.3, 0.4) is 0 Å². The van der Waals surface area contributed by atoms with E-state index in [9.17, 15) is 9.90 Å². The summed E-state index contributed by atoms with van der Waals surface area (Å²) < 4.78 is 5.42. The van der Waals surface area contributed by atoms with Gasteiger partial charge in [0.05, 0.1) is 6.10 Å². The van der Waals surface area contributed by atoms with Crippen molar-refractivity contribution in [1.82, 2.24) is 10.6 Å². The van der Waals surface area contributed by atoms with Gasteiger partial charge in [-0.25, -0.2) is 4.79 Å². The second-order valence-electron chi connectivity index (χ2n) is 6.02. The van der Waals surface area contributed by atoms with Crippen LogP contribution in [0.25, 0.3) is 0 Å². The number of benzene rings is 1. The molecule has 128 valence electrons. The Kier molecular flexibility index (Phi) is 7.15. The van der Waals surface area contributed by atoms with E-state index in [4.69, 9.17) is 16.3 Å². The summed E-state index contributed by atoms with van der Waals surface area (Å²) in [5, 5.41) is 16.0. The van der Waals surface area contributed by atoms with Crippen LogP contribution in [-0.2, 0) is 4.74 Å². The smallest absolute Gasteiger partial charge is 0.314 e. The van der Waals surface area contributed by atoms with Crippen LogP contribution in [-0.4, -0.2) is 37.4 Å². The second kappa shape index (κ2) is 9.11. The molecule has 2 rings (SSSR count). The van der Waals surface area contributed by atoms with E-state index in [1.807, 2.05) is 18.2 Å². The molecule has 3 N–H and O–H groups in total. The molecule has 23 heavy (non-hydrogen) atoms. The van der Waals surface area contributed by atoms with Gasteiger partial charge in [0, 0.05) is 30.8 Å². The number of hydrogen-bond acceptors (Lipinski definition) is 3. The fourth-order valence-corrected chi connectivity index (χ4v) is 3.25. The molecule has 0 aliphatic heterocycles. The van der Waals surface area contributed by atoms with Crippen LogP contribution >= 0.6 is 11.6 Å². The van der Waals surface area contributed by atoms with Gasteiger partial charge in [0.1, 0.15) is 6.10 Å². The predicted molar refractivity (Wildman–Crippen MR) is 90.6 cm³/mol. The number of hydrogen-bond donors (Lipinski definition) is 3. The molecule has 3 atom stereocenters. The van der Waals surface area contributed by atoms with Gasteiger partial charge < -0.3 is 20.5 Å². The van der Waals surface area contributed by atoms with Crippen LogP contribution in [0.1, 0.15) is 37.4 Å². The number of urea groups is 1. The Morgan fingerprint density at radius 1 is 1.39 bits per heavy atom. The average molecular weight is 341 g/mol. The average Bonchev–Trinajstić information content (AvgIpc) is 2.55. The Morgan fingerprint density at radius 2 is 2.17 bits per heavy atom. The summed E-state index contributed by atoms with van der Waals surface area (Å²) in [6.07, 6.45) is 3.20. The van der Waals surface area contributed by atoms with Gasteiger partial charge in [-0.1, -0.05) is 36.2 Å². The highest BCUT2D eigenvalue weighted by atomic mass is 35.5. The number of methoxy groups -OCH3 is 1. The molecular weight excluding hydrogens is 316 g/mol. The molecule has 2 amide bonds. The molecule has 0 heterocycles. The molecule has 6 heteroatoms. The Labute approximate surface area is 142 Å². The number of aliphatic hydroxyl groups is 1. The minimum atomic E-state index is -0.286. The van der Waals surface area contributed by atoms with Gasteiger partial charge in [-0.15, -0.1) is 0 Å². The van der Waals surface area contributed by atoms with Crippen LogP contribution in [0.4, 0.5) is 4.79 Å². The van der Waals surface area contributed by atoms with Crippen LogP contribution < -0.4 is 10.6 Å². The van der Waals surface area contributed by atoms with Crippen molar-refractivity contribution < 1.29 is 14.6 Å². The molecule has 5 nitrogen and oxygen atoms in total. The summed E-state index contributed by atoms with van der Waals surface area (Å²) in [6.45, 7) is 0.937. The van der Waals surface area contributed by atoms with Crippen molar-refractivity contribution in [2.45, 2.75) is 37.9 Å². The van der Waals surface area contributed by atoms with Crippen LogP contribution in [0, 0.1) is 5.92 Å². The molecule has 1 fully saturated rings. The summed E-state index contributed by atoms with van der Waals surface area (Å²) in [6, 6.07) is 7.22. The first-order valence-corrected chi connectivity index (χ1v) is 8.45. The molecule has 3 unspecified atom stereocenters. The number of carbonyl (C=O) groups excluding carboxylic acids is 1. The highest BCUT2D eigenvalue weighted by molar-refractivity contribution is 6.31. The van der Waals surface area contributed by atoms with E-state index < -0.39 is 0 Å². The molecule has 1 aliphatic rings. The maximum Gasteiger partial charge on any atom is 0.314 e. The largest absolute Gasteiger partial charge is 0.393 e. The minimum absolute atomic E-state index is 0.223. The maximum atomic E-state index is 11.9. The summed E-state index contributed by atoms with van der Waals surface area (Å²) in [5.41, 5.74) is 0.854. The summed E-state index contributed by atoms with van der Waals surface area (Å²) in [5.74, 6) is 0.353. The zero-order valence-electron chi connectivity index (χ0n) is 13.4. The Balaban J connectivity index is 1.75. The molecule has 1 aliphatic carbocycles. The predicted octanol–water partition coefficient (Wildman–Crippen LogP) is 2.88. The lowest BCUT2D eigenvalue weighted by Gasteiger charge is -2.26. The lowest BCUT2D eigenvalue weighted by molar-refractivity contribution is 0.0991. The topological polar surface area (TPSA) is 70.6 Å². The van der Waals surface area contributed by atoms with Crippen molar-refractivity contribution in [3.63, 3.8) is 0 Å². The number of aliphatic hydroxyl groups excluding tert-OH is 1. The van der Waals surface area contributed by atoms with Gasteiger partial charge in [-0.2, -0.15) is 0 Å². The van der Waals surface area contributed by atoms with E-state index in [1.54, 1.807) is 13.2 Å². The van der Waals surface area contributed by atoms with E-state index in [1.165, 1.54) is 0 Å². The van der Waals surface area contributed by atoms with Crippen LogP contribution in [0.2, 0.25) is 5.02 Å². The molecule has 0 radical (unpaired) electrons. The van der Waals surface area contributed by atoms with Crippen molar-refractivity contribution >= 4 is 17.6 Å². The van der Waals surface area contributed by atoms with E-state index in [-0.39, 0.29) is 18.2 Å². The molecular formula is C17H25ClN2O3. The zero-order chi connectivity index (χ0) is 16.7. The van der Waals surface area contributed by atoms with Crippen molar-refractivity contribution in [2.75, 3.05) is 20.2 Å². The first kappa shape index (κ1) is 18.0. The standard InChI is InChI=1S/C17H25ClN2O3/c1-23-16(14-7-2-3-8-15(14)18)11-20-17(22)19-10-12-5-4-6-13(21)9-12/h2-3,7-8,12-13,16,21H,4-6,9-11H2,1H3,(H2,19,20,22). The molecule has 0 spiro atoms. The van der Waals surface area contributed by atoms with Crippen LogP contribution in [0.5, 0.6) is 0 Å². The van der Waals surface area contributed by atoms with Gasteiger partial charge in [0.2, 0.25) is 0 Å². The minimum Gasteiger partial charge on any atom is -0.393 e. The number of carbonyl (C=O) groups is 1. The lowest BCUT2D eigenvalue weighted by atomic mass is 9.87. The first-order chi connectivity index (χ1) is 11.1. The number of halogens is 1. The monoisotopic (exact) mass is 340 g/mol. The van der Waals surface area contributed by atoms with Gasteiger partial charge in [0.15, 0.2) is 0 Å². The zero-order valence-corrected chi connectivity index (χ0v) is 14.2. The highest BCUT2D eigenvalue weighted by Crippen LogP contribution is 2.25. The van der Waals surface area contributed by atoms with Gasteiger partial charge in [0.25, 0.3) is 0 Å². The normalized spacial score (nSPS) is 22.4. The molecule has 0 aromatic heterocycles. The quantitative estimate of drug-likeness (QED) is 0.745. The lowest BCUT2D eigenvalue weighted by Crippen LogP contribution is -2.41.